The third-order valence-corrected chi connectivity index (χ3v) is 7.06. The molecule has 0 aliphatic carbocycles. The number of hydrogen-bond donors (Lipinski definition) is 1. The summed E-state index contributed by atoms with van der Waals surface area (Å²) in [4.78, 5) is 14.5. The zero-order valence-electron chi connectivity index (χ0n) is 13.5. The number of nitrogens with zero attached hydrogens (tertiary/aromatic N) is 1. The average Bonchev–Trinajstić information content (AvgIpc) is 3.02. The Hall–Kier alpha value is -1.58. The first-order chi connectivity index (χ1) is 11.8. The Morgan fingerprint density at radius 1 is 1.48 bits per heavy atom. The van der Waals surface area contributed by atoms with E-state index in [4.69, 9.17) is 17.0 Å². The molecule has 2 heterocycles. The highest BCUT2D eigenvalue weighted by Gasteiger charge is 2.42. The molecule has 3 rings (SSSR count). The minimum absolute atomic E-state index is 0.0303. The van der Waals surface area contributed by atoms with Gasteiger partial charge in [0.05, 0.1) is 29.1 Å². The molecule has 25 heavy (non-hydrogen) atoms. The summed E-state index contributed by atoms with van der Waals surface area (Å²) >= 11 is 6.44. The maximum absolute atomic E-state index is 12.7. The fourth-order valence-electron chi connectivity index (χ4n) is 2.82. The highest BCUT2D eigenvalue weighted by atomic mass is 32.2. The third kappa shape index (κ3) is 3.83. The average molecular weight is 400 g/mol. The first-order valence-corrected chi connectivity index (χ1v) is 10.8. The number of aromatic hydroxyl groups is 1. The van der Waals surface area contributed by atoms with Crippen LogP contribution in [0.3, 0.4) is 0 Å². The van der Waals surface area contributed by atoms with Crippen LogP contribution in [-0.4, -0.2) is 52.8 Å². The number of phenolic OH excluding ortho intramolecular Hbond substituents is 1. The molecule has 6 nitrogen and oxygen atoms in total. The topological polar surface area (TPSA) is 83.9 Å². The smallest absolute Gasteiger partial charge is 0.266 e. The van der Waals surface area contributed by atoms with E-state index in [0.717, 1.165) is 11.8 Å². The van der Waals surface area contributed by atoms with Crippen molar-refractivity contribution in [2.24, 2.45) is 0 Å². The van der Waals surface area contributed by atoms with Crippen LogP contribution in [0.25, 0.3) is 6.08 Å². The maximum atomic E-state index is 12.7. The lowest BCUT2D eigenvalue weighted by Crippen LogP contribution is -2.39. The van der Waals surface area contributed by atoms with Gasteiger partial charge < -0.3 is 9.84 Å². The molecule has 2 aliphatic rings. The number of carbonyl (C=O) groups excluding carboxylic acids is 1. The molecule has 0 saturated carbocycles. The van der Waals surface area contributed by atoms with Gasteiger partial charge in [-0.15, -0.1) is 0 Å². The molecule has 0 bridgehead atoms. The second-order valence-corrected chi connectivity index (χ2v) is 9.67. The van der Waals surface area contributed by atoms with Crippen molar-refractivity contribution >= 4 is 50.1 Å². The molecule has 1 amide bonds. The van der Waals surface area contributed by atoms with Crippen LogP contribution in [0.1, 0.15) is 18.9 Å². The van der Waals surface area contributed by atoms with E-state index in [-0.39, 0.29) is 29.2 Å². The SMILES string of the molecule is CCOc1cc(/C=C2/SC(=S)N([C@H]3CCS(=O)(=O)C3)C2=O)ccc1O. The van der Waals surface area contributed by atoms with Gasteiger partial charge in [0.2, 0.25) is 0 Å². The number of thioether (sulfide) groups is 1. The number of ether oxygens (including phenoxy) is 1. The van der Waals surface area contributed by atoms with Crippen molar-refractivity contribution in [3.8, 4) is 11.5 Å². The zero-order chi connectivity index (χ0) is 18.2. The lowest BCUT2D eigenvalue weighted by Gasteiger charge is -2.20. The van der Waals surface area contributed by atoms with Crippen molar-refractivity contribution in [3.05, 3.63) is 28.7 Å². The van der Waals surface area contributed by atoms with Crippen LogP contribution in [-0.2, 0) is 14.6 Å². The van der Waals surface area contributed by atoms with Crippen LogP contribution in [0.5, 0.6) is 11.5 Å². The van der Waals surface area contributed by atoms with E-state index in [1.54, 1.807) is 18.2 Å². The Morgan fingerprint density at radius 3 is 2.88 bits per heavy atom. The van der Waals surface area contributed by atoms with E-state index in [2.05, 4.69) is 0 Å². The van der Waals surface area contributed by atoms with Crippen molar-refractivity contribution in [2.75, 3.05) is 18.1 Å². The van der Waals surface area contributed by atoms with Crippen molar-refractivity contribution in [1.29, 1.82) is 0 Å². The maximum Gasteiger partial charge on any atom is 0.266 e. The number of phenols is 1. The van der Waals surface area contributed by atoms with Gasteiger partial charge in [-0.3, -0.25) is 9.69 Å². The van der Waals surface area contributed by atoms with E-state index in [9.17, 15) is 18.3 Å². The first kappa shape index (κ1) is 18.2. The summed E-state index contributed by atoms with van der Waals surface area (Å²) in [5.74, 6) is 0.142. The molecule has 0 aromatic heterocycles. The molecule has 134 valence electrons. The van der Waals surface area contributed by atoms with Crippen LogP contribution in [0.15, 0.2) is 23.1 Å². The number of thiocarbonyl (C=S) groups is 1. The number of amides is 1. The van der Waals surface area contributed by atoms with Gasteiger partial charge in [0.25, 0.3) is 5.91 Å². The van der Waals surface area contributed by atoms with Crippen molar-refractivity contribution in [1.82, 2.24) is 4.90 Å². The molecule has 1 aromatic carbocycles. The van der Waals surface area contributed by atoms with E-state index in [0.29, 0.717) is 33.6 Å². The monoisotopic (exact) mass is 399 g/mol. The van der Waals surface area contributed by atoms with E-state index in [1.807, 2.05) is 6.92 Å². The molecule has 0 radical (unpaired) electrons. The molecule has 2 aliphatic heterocycles. The molecule has 1 N–H and O–H groups in total. The summed E-state index contributed by atoms with van der Waals surface area (Å²) < 4.78 is 29.1. The fourth-order valence-corrected chi connectivity index (χ4v) is 5.92. The van der Waals surface area contributed by atoms with Gasteiger partial charge in [-0.25, -0.2) is 8.42 Å². The molecule has 1 atom stereocenters. The third-order valence-electron chi connectivity index (χ3n) is 3.98. The summed E-state index contributed by atoms with van der Waals surface area (Å²) in [6, 6.07) is 4.43. The lowest BCUT2D eigenvalue weighted by molar-refractivity contribution is -0.123. The minimum atomic E-state index is -3.10. The van der Waals surface area contributed by atoms with Gasteiger partial charge in [0.15, 0.2) is 21.3 Å². The lowest BCUT2D eigenvalue weighted by atomic mass is 10.1. The molecule has 0 spiro atoms. The summed E-state index contributed by atoms with van der Waals surface area (Å²) in [5, 5.41) is 9.75. The van der Waals surface area contributed by atoms with Gasteiger partial charge in [-0.1, -0.05) is 30.0 Å². The molecular weight excluding hydrogens is 382 g/mol. The Labute approximate surface area is 155 Å². The Morgan fingerprint density at radius 2 is 2.24 bits per heavy atom. The van der Waals surface area contributed by atoms with Crippen LogP contribution in [0.2, 0.25) is 0 Å². The molecular formula is C16H17NO5S3. The first-order valence-electron chi connectivity index (χ1n) is 7.74. The summed E-state index contributed by atoms with van der Waals surface area (Å²) in [7, 11) is -3.10. The van der Waals surface area contributed by atoms with Crippen LogP contribution >= 0.6 is 24.0 Å². The number of rotatable bonds is 4. The highest BCUT2D eigenvalue weighted by molar-refractivity contribution is 8.26. The Bertz CT molecular complexity index is 863. The van der Waals surface area contributed by atoms with Gasteiger partial charge in [-0.2, -0.15) is 0 Å². The summed E-state index contributed by atoms with van der Waals surface area (Å²) in [6.07, 6.45) is 2.08. The summed E-state index contributed by atoms with van der Waals surface area (Å²) in [6.45, 7) is 2.22. The predicted molar refractivity (Wildman–Crippen MR) is 101 cm³/mol. The fraction of sp³-hybridized carbons (Fsp3) is 0.375. The van der Waals surface area contributed by atoms with Crippen LogP contribution < -0.4 is 4.74 Å². The molecule has 9 heteroatoms. The predicted octanol–water partition coefficient (Wildman–Crippen LogP) is 2.18. The van der Waals surface area contributed by atoms with Crippen molar-refractivity contribution in [2.45, 2.75) is 19.4 Å². The van der Waals surface area contributed by atoms with E-state index < -0.39 is 9.84 Å². The normalized spacial score (nSPS) is 24.3. The van der Waals surface area contributed by atoms with Gasteiger partial charge in [-0.05, 0) is 37.1 Å². The van der Waals surface area contributed by atoms with Gasteiger partial charge in [0, 0.05) is 0 Å². The van der Waals surface area contributed by atoms with E-state index in [1.165, 1.54) is 11.0 Å². The van der Waals surface area contributed by atoms with Crippen LogP contribution in [0.4, 0.5) is 0 Å². The molecule has 1 aromatic rings. The molecule has 2 saturated heterocycles. The second-order valence-electron chi connectivity index (χ2n) is 5.77. The summed E-state index contributed by atoms with van der Waals surface area (Å²) in [5.41, 5.74) is 0.695. The number of benzene rings is 1. The van der Waals surface area contributed by atoms with Crippen molar-refractivity contribution in [3.63, 3.8) is 0 Å². The van der Waals surface area contributed by atoms with E-state index >= 15 is 0 Å². The highest BCUT2D eigenvalue weighted by Crippen LogP contribution is 2.37. The zero-order valence-corrected chi connectivity index (χ0v) is 15.9. The van der Waals surface area contributed by atoms with Crippen molar-refractivity contribution < 1.29 is 23.1 Å². The van der Waals surface area contributed by atoms with Gasteiger partial charge >= 0.3 is 0 Å². The van der Waals surface area contributed by atoms with Crippen LogP contribution in [0, 0.1) is 0 Å². The second kappa shape index (κ2) is 6.97. The van der Waals surface area contributed by atoms with Gasteiger partial charge in [0.1, 0.15) is 4.32 Å². The molecule has 2 fully saturated rings. The Kier molecular flexibility index (Phi) is 5.08. The largest absolute Gasteiger partial charge is 0.504 e. The Balaban J connectivity index is 1.84. The molecule has 0 unspecified atom stereocenters. The number of sulfone groups is 1. The number of hydrogen-bond acceptors (Lipinski definition) is 7. The number of carbonyl (C=O) groups is 1. The standard InChI is InChI=1S/C16H17NO5S3/c1-2-22-13-7-10(3-4-12(13)18)8-14-15(19)17(16(23)24-14)11-5-6-25(20,21)9-11/h3-4,7-8,11,18H,2,5-6,9H2,1H3/b14-8+/t11-/m0/s1. The minimum Gasteiger partial charge on any atom is -0.504 e. The quantitative estimate of drug-likeness (QED) is 0.614.